The summed E-state index contributed by atoms with van der Waals surface area (Å²) in [6, 6.07) is 6.74. The van der Waals surface area contributed by atoms with Crippen molar-refractivity contribution in [2.75, 3.05) is 26.6 Å². The summed E-state index contributed by atoms with van der Waals surface area (Å²) < 4.78 is 58.2. The summed E-state index contributed by atoms with van der Waals surface area (Å²) >= 11 is 0. The van der Waals surface area contributed by atoms with Gasteiger partial charge in [0.25, 0.3) is 0 Å². The number of rotatable bonds is 6. The molecule has 0 amide bonds. The zero-order valence-corrected chi connectivity index (χ0v) is 14.8. The summed E-state index contributed by atoms with van der Waals surface area (Å²) in [7, 11) is 2.29. The molecule has 0 aromatic heterocycles. The first-order valence-corrected chi connectivity index (χ1v) is 7.73. The number of methoxy groups -OCH3 is 2. The van der Waals surface area contributed by atoms with Gasteiger partial charge in [0.05, 0.1) is 25.5 Å². The number of carbonyl (C=O) groups is 2. The second-order valence-electron chi connectivity index (χ2n) is 5.34. The average molecular weight is 399 g/mol. The molecule has 0 saturated heterocycles. The number of nitrogens with two attached hydrogens (primary N) is 1. The number of esters is 2. The van der Waals surface area contributed by atoms with E-state index in [0.29, 0.717) is 6.07 Å². The van der Waals surface area contributed by atoms with Crippen molar-refractivity contribution < 1.29 is 41.7 Å². The van der Waals surface area contributed by atoms with E-state index < -0.39 is 30.3 Å². The first-order valence-electron chi connectivity index (χ1n) is 7.73. The topological polar surface area (TPSA) is 97.1 Å². The van der Waals surface area contributed by atoms with Crippen LogP contribution in [-0.4, -0.2) is 32.8 Å². The third kappa shape index (κ3) is 4.84. The Labute approximate surface area is 157 Å². The first-order chi connectivity index (χ1) is 13.2. The third-order valence-electron chi connectivity index (χ3n) is 3.51. The average Bonchev–Trinajstić information content (AvgIpc) is 2.66. The van der Waals surface area contributed by atoms with E-state index >= 15 is 0 Å². The smallest absolute Gasteiger partial charge is 0.416 e. The molecule has 0 aliphatic heterocycles. The molecule has 7 nitrogen and oxygen atoms in total. The summed E-state index contributed by atoms with van der Waals surface area (Å²) in [5, 5.41) is 0. The van der Waals surface area contributed by atoms with E-state index in [9.17, 15) is 22.8 Å². The Morgan fingerprint density at radius 2 is 1.68 bits per heavy atom. The lowest BCUT2D eigenvalue weighted by Crippen LogP contribution is -2.15. The van der Waals surface area contributed by atoms with Gasteiger partial charge in [-0.25, -0.2) is 9.59 Å². The number of hydrogen-bond donors (Lipinski definition) is 1. The SMILES string of the molecule is COC(=O)COc1cccc(Oc2ccc(C(F)(F)F)cc2N)c1C(=O)OC. The van der Waals surface area contributed by atoms with Crippen LogP contribution in [0.4, 0.5) is 18.9 Å². The van der Waals surface area contributed by atoms with Crippen LogP contribution in [0.15, 0.2) is 36.4 Å². The van der Waals surface area contributed by atoms with Gasteiger partial charge in [0.15, 0.2) is 6.61 Å². The molecular weight excluding hydrogens is 383 g/mol. The second-order valence-corrected chi connectivity index (χ2v) is 5.34. The normalized spacial score (nSPS) is 10.9. The van der Waals surface area contributed by atoms with Gasteiger partial charge in [0, 0.05) is 0 Å². The molecule has 2 aromatic carbocycles. The minimum absolute atomic E-state index is 0.0415. The molecule has 0 unspecified atom stereocenters. The zero-order valence-electron chi connectivity index (χ0n) is 14.8. The molecule has 2 rings (SSSR count). The van der Waals surface area contributed by atoms with E-state index in [1.807, 2.05) is 0 Å². The molecule has 0 fully saturated rings. The zero-order chi connectivity index (χ0) is 20.9. The number of benzene rings is 2. The van der Waals surface area contributed by atoms with Crippen molar-refractivity contribution in [3.05, 3.63) is 47.5 Å². The number of carbonyl (C=O) groups excluding carboxylic acids is 2. The Morgan fingerprint density at radius 1 is 1.00 bits per heavy atom. The van der Waals surface area contributed by atoms with Crippen molar-refractivity contribution in [1.82, 2.24) is 0 Å². The number of hydrogen-bond acceptors (Lipinski definition) is 7. The highest BCUT2D eigenvalue weighted by Gasteiger charge is 2.31. The Bertz CT molecular complexity index is 882. The maximum atomic E-state index is 12.8. The lowest BCUT2D eigenvalue weighted by Gasteiger charge is -2.16. The summed E-state index contributed by atoms with van der Waals surface area (Å²) in [5.41, 5.74) is 4.24. The summed E-state index contributed by atoms with van der Waals surface area (Å²) in [5.74, 6) is -1.76. The summed E-state index contributed by atoms with van der Waals surface area (Å²) in [6.07, 6.45) is -4.56. The standard InChI is InChI=1S/C18H16F3NO6/c1-25-15(23)9-27-13-4-3-5-14(16(13)17(24)26-2)28-12-7-6-10(8-11(12)22)18(19,20)21/h3-8H,9,22H2,1-2H3. The maximum Gasteiger partial charge on any atom is 0.416 e. The molecule has 2 N–H and O–H groups in total. The summed E-state index contributed by atoms with van der Waals surface area (Å²) in [6.45, 7) is -0.480. The van der Waals surface area contributed by atoms with Crippen molar-refractivity contribution in [2.24, 2.45) is 0 Å². The fraction of sp³-hybridized carbons (Fsp3) is 0.222. The van der Waals surface area contributed by atoms with Crippen molar-refractivity contribution >= 4 is 17.6 Å². The van der Waals surface area contributed by atoms with Gasteiger partial charge >= 0.3 is 18.1 Å². The highest BCUT2D eigenvalue weighted by molar-refractivity contribution is 5.96. The lowest BCUT2D eigenvalue weighted by atomic mass is 10.1. The molecule has 0 atom stereocenters. The molecule has 150 valence electrons. The van der Waals surface area contributed by atoms with Crippen molar-refractivity contribution in [2.45, 2.75) is 6.18 Å². The molecule has 0 radical (unpaired) electrons. The molecule has 0 heterocycles. The molecule has 2 aromatic rings. The number of alkyl halides is 3. The highest BCUT2D eigenvalue weighted by Crippen LogP contribution is 2.38. The van der Waals surface area contributed by atoms with Crippen LogP contribution in [0.5, 0.6) is 17.2 Å². The quantitative estimate of drug-likeness (QED) is 0.587. The van der Waals surface area contributed by atoms with Gasteiger partial charge in [0.1, 0.15) is 22.8 Å². The number of anilines is 1. The van der Waals surface area contributed by atoms with Crippen LogP contribution in [0, 0.1) is 0 Å². The van der Waals surface area contributed by atoms with E-state index in [2.05, 4.69) is 9.47 Å². The van der Waals surface area contributed by atoms with Gasteiger partial charge in [-0.3, -0.25) is 0 Å². The maximum absolute atomic E-state index is 12.8. The van der Waals surface area contributed by atoms with Crippen molar-refractivity contribution in [3.63, 3.8) is 0 Å². The second kappa shape index (κ2) is 8.51. The van der Waals surface area contributed by atoms with Crippen LogP contribution in [0.1, 0.15) is 15.9 Å². The molecular formula is C18H16F3NO6. The van der Waals surface area contributed by atoms with E-state index in [4.69, 9.17) is 15.2 Å². The van der Waals surface area contributed by atoms with Crippen LogP contribution in [-0.2, 0) is 20.4 Å². The fourth-order valence-corrected chi connectivity index (χ4v) is 2.15. The van der Waals surface area contributed by atoms with Gasteiger partial charge in [0.2, 0.25) is 0 Å². The molecule has 0 aliphatic carbocycles. The molecule has 0 aliphatic rings. The van der Waals surface area contributed by atoms with Crippen LogP contribution in [0.25, 0.3) is 0 Å². The highest BCUT2D eigenvalue weighted by atomic mass is 19.4. The van der Waals surface area contributed by atoms with Gasteiger partial charge in [-0.2, -0.15) is 13.2 Å². The third-order valence-corrected chi connectivity index (χ3v) is 3.51. The van der Waals surface area contributed by atoms with Gasteiger partial charge in [-0.1, -0.05) is 6.07 Å². The Morgan fingerprint density at radius 3 is 2.25 bits per heavy atom. The molecule has 0 spiro atoms. The van der Waals surface area contributed by atoms with Crippen LogP contribution in [0.2, 0.25) is 0 Å². The van der Waals surface area contributed by atoms with Gasteiger partial charge < -0.3 is 24.7 Å². The Hall–Kier alpha value is -3.43. The predicted molar refractivity (Wildman–Crippen MR) is 91.2 cm³/mol. The molecule has 28 heavy (non-hydrogen) atoms. The predicted octanol–water partition coefficient (Wildman–Crippen LogP) is 3.42. The van der Waals surface area contributed by atoms with Gasteiger partial charge in [-0.15, -0.1) is 0 Å². The largest absolute Gasteiger partial charge is 0.481 e. The number of halogens is 3. The number of nitrogen functional groups attached to an aromatic ring is 1. The summed E-state index contributed by atoms with van der Waals surface area (Å²) in [4.78, 5) is 23.4. The van der Waals surface area contributed by atoms with E-state index in [-0.39, 0.29) is 28.5 Å². The minimum atomic E-state index is -4.56. The van der Waals surface area contributed by atoms with Crippen LogP contribution < -0.4 is 15.2 Å². The Kier molecular flexibility index (Phi) is 6.34. The van der Waals surface area contributed by atoms with Crippen molar-refractivity contribution in [1.29, 1.82) is 0 Å². The molecule has 10 heteroatoms. The lowest BCUT2D eigenvalue weighted by molar-refractivity contribution is -0.143. The fourth-order valence-electron chi connectivity index (χ4n) is 2.15. The van der Waals surface area contributed by atoms with Crippen molar-refractivity contribution in [3.8, 4) is 17.2 Å². The minimum Gasteiger partial charge on any atom is -0.481 e. The first kappa shape index (κ1) is 20.9. The monoisotopic (exact) mass is 399 g/mol. The number of ether oxygens (including phenoxy) is 4. The van der Waals surface area contributed by atoms with E-state index in [1.165, 1.54) is 25.3 Å². The van der Waals surface area contributed by atoms with Crippen LogP contribution in [0.3, 0.4) is 0 Å². The van der Waals surface area contributed by atoms with Gasteiger partial charge in [-0.05, 0) is 30.3 Å². The van der Waals surface area contributed by atoms with E-state index in [1.54, 1.807) is 0 Å². The molecule has 0 saturated carbocycles. The van der Waals surface area contributed by atoms with Crippen LogP contribution >= 0.6 is 0 Å². The Balaban J connectivity index is 2.40. The molecule has 0 bridgehead atoms. The van der Waals surface area contributed by atoms with E-state index in [0.717, 1.165) is 19.2 Å².